The van der Waals surface area contributed by atoms with E-state index in [1.807, 2.05) is 24.3 Å². The van der Waals surface area contributed by atoms with Crippen molar-refractivity contribution in [1.29, 1.82) is 0 Å². The number of amides is 1. The number of rotatable bonds is 6. The number of benzene rings is 1. The summed E-state index contributed by atoms with van der Waals surface area (Å²) >= 11 is 0. The van der Waals surface area contributed by atoms with Crippen LogP contribution in [0.25, 0.3) is 0 Å². The van der Waals surface area contributed by atoms with E-state index >= 15 is 0 Å². The normalized spacial score (nSPS) is 24.1. The Morgan fingerprint density at radius 3 is 2.65 bits per heavy atom. The van der Waals surface area contributed by atoms with Crippen LogP contribution in [0, 0.1) is 5.92 Å². The van der Waals surface area contributed by atoms with Crippen molar-refractivity contribution < 1.29 is 23.8 Å². The highest BCUT2D eigenvalue weighted by Crippen LogP contribution is 2.26. The standard InChI is InChI=1S/C17H21NO5/c1-21-11-15-9-18(17(20)23-15)13-5-7-14(8-6-13)22-10-12-3-2-4-16(12)19/h5-8,12,15H,2-4,9-11H2,1H3/t12?,15-/m1/s1. The van der Waals surface area contributed by atoms with Crippen LogP contribution in [0.2, 0.25) is 0 Å². The highest BCUT2D eigenvalue weighted by molar-refractivity contribution is 5.89. The molecule has 1 amide bonds. The molecule has 2 aliphatic rings. The fourth-order valence-electron chi connectivity index (χ4n) is 2.99. The second kappa shape index (κ2) is 7.00. The van der Waals surface area contributed by atoms with Crippen LogP contribution in [-0.2, 0) is 14.3 Å². The third-order valence-electron chi connectivity index (χ3n) is 4.26. The van der Waals surface area contributed by atoms with Crippen LogP contribution in [-0.4, -0.2) is 44.8 Å². The maximum atomic E-state index is 11.9. The molecule has 1 aliphatic carbocycles. The zero-order valence-corrected chi connectivity index (χ0v) is 13.2. The van der Waals surface area contributed by atoms with Gasteiger partial charge in [0.05, 0.1) is 25.7 Å². The fourth-order valence-corrected chi connectivity index (χ4v) is 2.99. The Balaban J connectivity index is 1.56. The number of ketones is 1. The minimum absolute atomic E-state index is 0.0260. The molecule has 1 unspecified atom stereocenters. The van der Waals surface area contributed by atoms with Crippen molar-refractivity contribution >= 4 is 17.6 Å². The molecular weight excluding hydrogens is 298 g/mol. The zero-order chi connectivity index (χ0) is 16.2. The summed E-state index contributed by atoms with van der Waals surface area (Å²) in [7, 11) is 1.58. The minimum atomic E-state index is -0.364. The Labute approximate surface area is 135 Å². The van der Waals surface area contributed by atoms with Crippen molar-refractivity contribution in [2.75, 3.05) is 31.8 Å². The summed E-state index contributed by atoms with van der Waals surface area (Å²) in [6.07, 6.45) is 1.95. The molecule has 1 aromatic carbocycles. The van der Waals surface area contributed by atoms with Gasteiger partial charge in [-0.1, -0.05) is 0 Å². The number of ether oxygens (including phenoxy) is 3. The van der Waals surface area contributed by atoms with Gasteiger partial charge in [0.2, 0.25) is 0 Å². The van der Waals surface area contributed by atoms with Crippen molar-refractivity contribution in [1.82, 2.24) is 0 Å². The molecule has 6 nitrogen and oxygen atoms in total. The Morgan fingerprint density at radius 2 is 2.00 bits per heavy atom. The van der Waals surface area contributed by atoms with Gasteiger partial charge in [0.1, 0.15) is 17.6 Å². The molecule has 2 fully saturated rings. The van der Waals surface area contributed by atoms with Gasteiger partial charge in [0, 0.05) is 19.2 Å². The second-order valence-electron chi connectivity index (χ2n) is 5.93. The predicted octanol–water partition coefficient (Wildman–Crippen LogP) is 2.41. The van der Waals surface area contributed by atoms with Crippen LogP contribution in [0.5, 0.6) is 5.75 Å². The largest absolute Gasteiger partial charge is 0.493 e. The minimum Gasteiger partial charge on any atom is -0.493 e. The van der Waals surface area contributed by atoms with Crippen molar-refractivity contribution in [3.8, 4) is 5.75 Å². The van der Waals surface area contributed by atoms with Gasteiger partial charge in [0.25, 0.3) is 0 Å². The SMILES string of the molecule is COC[C@H]1CN(c2ccc(OCC3CCCC3=O)cc2)C(=O)O1. The van der Waals surface area contributed by atoms with Crippen molar-refractivity contribution in [3.05, 3.63) is 24.3 Å². The van der Waals surface area contributed by atoms with Gasteiger partial charge in [-0.3, -0.25) is 9.69 Å². The molecule has 1 saturated carbocycles. The first-order valence-electron chi connectivity index (χ1n) is 7.90. The molecule has 0 spiro atoms. The molecule has 3 rings (SSSR count). The van der Waals surface area contributed by atoms with E-state index in [1.54, 1.807) is 12.0 Å². The van der Waals surface area contributed by atoms with Crippen LogP contribution >= 0.6 is 0 Å². The predicted molar refractivity (Wildman–Crippen MR) is 83.8 cm³/mol. The van der Waals surface area contributed by atoms with E-state index in [0.29, 0.717) is 37.7 Å². The van der Waals surface area contributed by atoms with Crippen molar-refractivity contribution in [2.45, 2.75) is 25.4 Å². The molecule has 0 N–H and O–H groups in total. The average Bonchev–Trinajstić information content (AvgIpc) is 3.12. The van der Waals surface area contributed by atoms with Crippen LogP contribution in [0.1, 0.15) is 19.3 Å². The van der Waals surface area contributed by atoms with E-state index in [1.165, 1.54) is 0 Å². The van der Waals surface area contributed by atoms with Crippen LogP contribution in [0.3, 0.4) is 0 Å². The van der Waals surface area contributed by atoms with E-state index in [4.69, 9.17) is 14.2 Å². The van der Waals surface area contributed by atoms with E-state index in [-0.39, 0.29) is 18.1 Å². The van der Waals surface area contributed by atoms with Gasteiger partial charge < -0.3 is 14.2 Å². The van der Waals surface area contributed by atoms with E-state index in [2.05, 4.69) is 0 Å². The van der Waals surface area contributed by atoms with Gasteiger partial charge in [-0.15, -0.1) is 0 Å². The molecule has 1 saturated heterocycles. The lowest BCUT2D eigenvalue weighted by Gasteiger charge is -2.14. The smallest absolute Gasteiger partial charge is 0.414 e. The third kappa shape index (κ3) is 3.64. The number of nitrogens with zero attached hydrogens (tertiary/aromatic N) is 1. The van der Waals surface area contributed by atoms with E-state index < -0.39 is 0 Å². The van der Waals surface area contributed by atoms with Crippen LogP contribution < -0.4 is 9.64 Å². The fraction of sp³-hybridized carbons (Fsp3) is 0.529. The number of anilines is 1. The number of cyclic esters (lactones) is 1. The number of methoxy groups -OCH3 is 1. The van der Waals surface area contributed by atoms with Gasteiger partial charge in [0.15, 0.2) is 0 Å². The Bertz CT molecular complexity index is 571. The quantitative estimate of drug-likeness (QED) is 0.805. The van der Waals surface area contributed by atoms with Crippen LogP contribution in [0.15, 0.2) is 24.3 Å². The summed E-state index contributed by atoms with van der Waals surface area (Å²) in [4.78, 5) is 25.0. The topological polar surface area (TPSA) is 65.1 Å². The van der Waals surface area contributed by atoms with Crippen molar-refractivity contribution in [3.63, 3.8) is 0 Å². The number of carbonyl (C=O) groups excluding carboxylic acids is 2. The van der Waals surface area contributed by atoms with Gasteiger partial charge in [-0.25, -0.2) is 4.79 Å². The molecule has 2 atom stereocenters. The average molecular weight is 319 g/mol. The summed E-state index contributed by atoms with van der Waals surface area (Å²) in [5, 5.41) is 0. The Morgan fingerprint density at radius 1 is 1.22 bits per heavy atom. The first-order chi connectivity index (χ1) is 11.2. The summed E-state index contributed by atoms with van der Waals surface area (Å²) < 4.78 is 15.9. The summed E-state index contributed by atoms with van der Waals surface area (Å²) in [5.74, 6) is 1.03. The second-order valence-corrected chi connectivity index (χ2v) is 5.93. The third-order valence-corrected chi connectivity index (χ3v) is 4.26. The Kier molecular flexibility index (Phi) is 4.81. The van der Waals surface area contributed by atoms with Gasteiger partial charge in [-0.05, 0) is 37.1 Å². The maximum Gasteiger partial charge on any atom is 0.414 e. The van der Waals surface area contributed by atoms with Gasteiger partial charge >= 0.3 is 6.09 Å². The van der Waals surface area contributed by atoms with E-state index in [9.17, 15) is 9.59 Å². The zero-order valence-electron chi connectivity index (χ0n) is 13.2. The first-order valence-corrected chi connectivity index (χ1v) is 7.90. The molecule has 0 radical (unpaired) electrons. The molecule has 0 bridgehead atoms. The lowest BCUT2D eigenvalue weighted by Crippen LogP contribution is -2.25. The number of carbonyl (C=O) groups is 2. The molecular formula is C17H21NO5. The Hall–Kier alpha value is -2.08. The molecule has 23 heavy (non-hydrogen) atoms. The highest BCUT2D eigenvalue weighted by atomic mass is 16.6. The lowest BCUT2D eigenvalue weighted by molar-refractivity contribution is -0.121. The van der Waals surface area contributed by atoms with Crippen molar-refractivity contribution in [2.24, 2.45) is 5.92 Å². The van der Waals surface area contributed by atoms with Gasteiger partial charge in [-0.2, -0.15) is 0 Å². The molecule has 1 heterocycles. The molecule has 6 heteroatoms. The molecule has 124 valence electrons. The maximum absolute atomic E-state index is 11.9. The number of hydrogen-bond acceptors (Lipinski definition) is 5. The first kappa shape index (κ1) is 15.8. The van der Waals surface area contributed by atoms with E-state index in [0.717, 1.165) is 18.5 Å². The highest BCUT2D eigenvalue weighted by Gasteiger charge is 2.32. The summed E-state index contributed by atoms with van der Waals surface area (Å²) in [5.41, 5.74) is 0.762. The number of hydrogen-bond donors (Lipinski definition) is 0. The number of Topliss-reactive ketones (excluding diaryl/α,β-unsaturated/α-hetero) is 1. The monoisotopic (exact) mass is 319 g/mol. The molecule has 1 aromatic rings. The summed E-state index contributed by atoms with van der Waals surface area (Å²) in [6.45, 7) is 1.29. The lowest BCUT2D eigenvalue weighted by atomic mass is 10.1. The molecule has 1 aliphatic heterocycles. The summed E-state index contributed by atoms with van der Waals surface area (Å²) in [6, 6.07) is 7.27. The molecule has 0 aromatic heterocycles. The van der Waals surface area contributed by atoms with Crippen LogP contribution in [0.4, 0.5) is 10.5 Å².